The zero-order valence-corrected chi connectivity index (χ0v) is 16.2. The zero-order valence-electron chi connectivity index (χ0n) is 15.4. The molecule has 0 radical (unpaired) electrons. The standard InChI is InChI=1S/C20H24N4O2S/c1-26-17-6-4-15(5-7-17)18(23-8-2-3-9-23)13-21-19(25)12-16-14-24-10-11-27-20(24)22-16/h4-7,10-11,14,18H,2-3,8-9,12-13H2,1H3,(H,21,25). The van der Waals surface area contributed by atoms with Crippen LogP contribution >= 0.6 is 11.3 Å². The summed E-state index contributed by atoms with van der Waals surface area (Å²) >= 11 is 1.57. The van der Waals surface area contributed by atoms with Gasteiger partial charge in [-0.15, -0.1) is 11.3 Å². The van der Waals surface area contributed by atoms with Crippen LogP contribution in [0.2, 0.25) is 0 Å². The molecule has 1 saturated heterocycles. The minimum Gasteiger partial charge on any atom is -0.497 e. The highest BCUT2D eigenvalue weighted by Gasteiger charge is 2.24. The van der Waals surface area contributed by atoms with Crippen molar-refractivity contribution >= 4 is 22.2 Å². The van der Waals surface area contributed by atoms with Crippen LogP contribution in [0.1, 0.15) is 30.1 Å². The van der Waals surface area contributed by atoms with Crippen molar-refractivity contribution < 1.29 is 9.53 Å². The number of methoxy groups -OCH3 is 1. The SMILES string of the molecule is COc1ccc(C(CNC(=O)Cc2cn3ccsc3n2)N2CCCC2)cc1. The van der Waals surface area contributed by atoms with Crippen LogP contribution in [0.3, 0.4) is 0 Å². The summed E-state index contributed by atoms with van der Waals surface area (Å²) in [6.07, 6.45) is 6.62. The van der Waals surface area contributed by atoms with E-state index >= 15 is 0 Å². The average molecular weight is 385 g/mol. The summed E-state index contributed by atoms with van der Waals surface area (Å²) in [5.41, 5.74) is 2.02. The number of ether oxygens (including phenoxy) is 1. The number of rotatable bonds is 7. The van der Waals surface area contributed by atoms with Crippen LogP contribution in [-0.4, -0.2) is 46.9 Å². The first-order chi connectivity index (χ1) is 13.2. The molecule has 7 heteroatoms. The predicted octanol–water partition coefficient (Wildman–Crippen LogP) is 2.90. The van der Waals surface area contributed by atoms with Crippen molar-refractivity contribution in [2.45, 2.75) is 25.3 Å². The summed E-state index contributed by atoms with van der Waals surface area (Å²) in [6.45, 7) is 2.75. The number of likely N-dealkylation sites (tertiary alicyclic amines) is 1. The summed E-state index contributed by atoms with van der Waals surface area (Å²) < 4.78 is 7.22. The smallest absolute Gasteiger partial charge is 0.226 e. The van der Waals surface area contributed by atoms with Crippen molar-refractivity contribution in [2.24, 2.45) is 0 Å². The van der Waals surface area contributed by atoms with Gasteiger partial charge < -0.3 is 10.1 Å². The monoisotopic (exact) mass is 384 g/mol. The van der Waals surface area contributed by atoms with E-state index in [4.69, 9.17) is 4.74 Å². The second kappa shape index (κ2) is 8.10. The molecule has 1 N–H and O–H groups in total. The zero-order chi connectivity index (χ0) is 18.6. The third kappa shape index (κ3) is 4.14. The fraction of sp³-hybridized carbons (Fsp3) is 0.400. The molecule has 1 aliphatic rings. The molecule has 1 amide bonds. The van der Waals surface area contributed by atoms with Gasteiger partial charge in [-0.1, -0.05) is 12.1 Å². The number of nitrogens with zero attached hydrogens (tertiary/aromatic N) is 3. The Labute approximate surface area is 162 Å². The van der Waals surface area contributed by atoms with E-state index in [2.05, 4.69) is 27.3 Å². The molecule has 0 bridgehead atoms. The first kappa shape index (κ1) is 18.0. The van der Waals surface area contributed by atoms with Crippen molar-refractivity contribution in [3.05, 3.63) is 53.3 Å². The van der Waals surface area contributed by atoms with Gasteiger partial charge in [0.2, 0.25) is 5.91 Å². The van der Waals surface area contributed by atoms with Crippen molar-refractivity contribution in [3.8, 4) is 5.75 Å². The van der Waals surface area contributed by atoms with Crippen molar-refractivity contribution in [1.29, 1.82) is 0 Å². The van der Waals surface area contributed by atoms with Crippen LogP contribution < -0.4 is 10.1 Å². The van der Waals surface area contributed by atoms with Crippen molar-refractivity contribution in [3.63, 3.8) is 0 Å². The number of hydrogen-bond acceptors (Lipinski definition) is 5. The molecule has 1 fully saturated rings. The molecule has 1 unspecified atom stereocenters. The molecular weight excluding hydrogens is 360 g/mol. The molecule has 6 nitrogen and oxygen atoms in total. The summed E-state index contributed by atoms with van der Waals surface area (Å²) in [7, 11) is 1.67. The molecule has 1 aliphatic heterocycles. The Morgan fingerprint density at radius 3 is 2.78 bits per heavy atom. The average Bonchev–Trinajstić information content (AvgIpc) is 3.40. The molecule has 3 heterocycles. The molecular formula is C20H24N4O2S. The molecule has 1 aromatic carbocycles. The van der Waals surface area contributed by atoms with Gasteiger partial charge in [0.25, 0.3) is 0 Å². The number of nitrogens with one attached hydrogen (secondary N) is 1. The Morgan fingerprint density at radius 1 is 1.30 bits per heavy atom. The Kier molecular flexibility index (Phi) is 5.40. The summed E-state index contributed by atoms with van der Waals surface area (Å²) in [4.78, 5) is 20.3. The topological polar surface area (TPSA) is 58.9 Å². The first-order valence-corrected chi connectivity index (χ1v) is 10.2. The quantitative estimate of drug-likeness (QED) is 0.680. The number of amides is 1. The Bertz CT molecular complexity index is 868. The van der Waals surface area contributed by atoms with E-state index in [1.165, 1.54) is 18.4 Å². The fourth-order valence-corrected chi connectivity index (χ4v) is 4.35. The van der Waals surface area contributed by atoms with Gasteiger partial charge in [0.05, 0.1) is 25.3 Å². The lowest BCUT2D eigenvalue weighted by Gasteiger charge is -2.28. The third-order valence-electron chi connectivity index (χ3n) is 5.06. The van der Waals surface area contributed by atoms with E-state index in [0.717, 1.165) is 29.5 Å². The van der Waals surface area contributed by atoms with Gasteiger partial charge in [-0.05, 0) is 43.6 Å². The first-order valence-electron chi connectivity index (χ1n) is 9.29. The van der Waals surface area contributed by atoms with Gasteiger partial charge in [0.1, 0.15) is 5.75 Å². The molecule has 4 rings (SSSR count). The van der Waals surface area contributed by atoms with Gasteiger partial charge in [-0.2, -0.15) is 0 Å². The molecule has 142 valence electrons. The third-order valence-corrected chi connectivity index (χ3v) is 5.83. The predicted molar refractivity (Wildman–Crippen MR) is 106 cm³/mol. The number of hydrogen-bond donors (Lipinski definition) is 1. The van der Waals surface area contributed by atoms with Gasteiger partial charge in [-0.25, -0.2) is 4.98 Å². The van der Waals surface area contributed by atoms with Gasteiger partial charge >= 0.3 is 0 Å². The number of aromatic nitrogens is 2. The van der Waals surface area contributed by atoms with E-state index < -0.39 is 0 Å². The Morgan fingerprint density at radius 2 is 2.07 bits per heavy atom. The van der Waals surface area contributed by atoms with Crippen LogP contribution in [0.4, 0.5) is 0 Å². The van der Waals surface area contributed by atoms with Gasteiger partial charge in [0.15, 0.2) is 4.96 Å². The van der Waals surface area contributed by atoms with E-state index in [1.54, 1.807) is 18.4 Å². The number of imidazole rings is 1. The van der Waals surface area contributed by atoms with E-state index in [9.17, 15) is 4.79 Å². The molecule has 3 aromatic rings. The molecule has 0 spiro atoms. The minimum absolute atomic E-state index is 0.0125. The second-order valence-electron chi connectivity index (χ2n) is 6.84. The summed E-state index contributed by atoms with van der Waals surface area (Å²) in [6, 6.07) is 8.35. The lowest BCUT2D eigenvalue weighted by molar-refractivity contribution is -0.120. The van der Waals surface area contributed by atoms with Crippen LogP contribution in [-0.2, 0) is 11.2 Å². The van der Waals surface area contributed by atoms with Crippen LogP contribution in [0, 0.1) is 0 Å². The van der Waals surface area contributed by atoms with Crippen molar-refractivity contribution in [1.82, 2.24) is 19.6 Å². The summed E-state index contributed by atoms with van der Waals surface area (Å²) in [5, 5.41) is 5.10. The molecule has 27 heavy (non-hydrogen) atoms. The maximum absolute atomic E-state index is 12.5. The highest BCUT2D eigenvalue weighted by atomic mass is 32.1. The Hall–Kier alpha value is -2.38. The molecule has 0 aliphatic carbocycles. The van der Waals surface area contributed by atoms with E-state index in [0.29, 0.717) is 13.0 Å². The maximum Gasteiger partial charge on any atom is 0.226 e. The van der Waals surface area contributed by atoms with Gasteiger partial charge in [0, 0.05) is 24.3 Å². The molecule has 0 saturated carbocycles. The maximum atomic E-state index is 12.5. The summed E-state index contributed by atoms with van der Waals surface area (Å²) in [5.74, 6) is 0.862. The largest absolute Gasteiger partial charge is 0.497 e. The number of carbonyl (C=O) groups excluding carboxylic acids is 1. The van der Waals surface area contributed by atoms with E-state index in [1.807, 2.05) is 34.3 Å². The number of carbonyl (C=O) groups is 1. The number of fused-ring (bicyclic) bond motifs is 1. The number of benzene rings is 1. The van der Waals surface area contributed by atoms with Crippen LogP contribution in [0.15, 0.2) is 42.0 Å². The van der Waals surface area contributed by atoms with Crippen LogP contribution in [0.5, 0.6) is 5.75 Å². The fourth-order valence-electron chi connectivity index (χ4n) is 3.64. The molecule has 2 aromatic heterocycles. The lowest BCUT2D eigenvalue weighted by Crippen LogP contribution is -2.37. The normalized spacial score (nSPS) is 15.9. The lowest BCUT2D eigenvalue weighted by atomic mass is 10.1. The Balaban J connectivity index is 1.41. The molecule has 1 atom stereocenters. The van der Waals surface area contributed by atoms with Crippen LogP contribution in [0.25, 0.3) is 4.96 Å². The minimum atomic E-state index is 0.0125. The highest BCUT2D eigenvalue weighted by Crippen LogP contribution is 2.26. The van der Waals surface area contributed by atoms with Crippen molar-refractivity contribution in [2.75, 3.05) is 26.7 Å². The number of thiazole rings is 1. The van der Waals surface area contributed by atoms with Gasteiger partial charge in [-0.3, -0.25) is 14.1 Å². The second-order valence-corrected chi connectivity index (χ2v) is 7.71. The highest BCUT2D eigenvalue weighted by molar-refractivity contribution is 7.15. The van der Waals surface area contributed by atoms with E-state index in [-0.39, 0.29) is 11.9 Å².